The predicted molar refractivity (Wildman–Crippen MR) is 102 cm³/mol. The topological polar surface area (TPSA) is 98.4 Å². The van der Waals surface area contributed by atoms with Crippen molar-refractivity contribution < 1.29 is 14.3 Å². The van der Waals surface area contributed by atoms with E-state index in [0.717, 1.165) is 29.0 Å². The van der Waals surface area contributed by atoms with Gasteiger partial charge in [0.05, 0.1) is 24.1 Å². The standard InChI is InChI=1S/C19H22N4O3S/c20-19-21-10-13-8-12(3-4-15(13)22-19)18(25)23-5-6-26-11-14(23)9-16(24)17-2-1-7-27-17/h1-2,7,10,12,14H,3-6,8-9,11H2,(H2,20,21,22). The summed E-state index contributed by atoms with van der Waals surface area (Å²) in [6.45, 7) is 1.45. The van der Waals surface area contributed by atoms with Gasteiger partial charge in [-0.25, -0.2) is 9.97 Å². The lowest BCUT2D eigenvalue weighted by molar-refractivity contribution is -0.144. The van der Waals surface area contributed by atoms with Crippen LogP contribution in [-0.2, 0) is 22.4 Å². The molecule has 2 aliphatic rings. The Morgan fingerprint density at radius 2 is 2.30 bits per heavy atom. The van der Waals surface area contributed by atoms with Crippen LogP contribution >= 0.6 is 11.3 Å². The van der Waals surface area contributed by atoms with Crippen molar-refractivity contribution in [1.29, 1.82) is 0 Å². The summed E-state index contributed by atoms with van der Waals surface area (Å²) in [6.07, 6.45) is 4.12. The first-order chi connectivity index (χ1) is 13.1. The van der Waals surface area contributed by atoms with Crippen LogP contribution in [0.2, 0.25) is 0 Å². The van der Waals surface area contributed by atoms with Gasteiger partial charge in [0.1, 0.15) is 0 Å². The average molecular weight is 386 g/mol. The molecule has 1 aliphatic carbocycles. The summed E-state index contributed by atoms with van der Waals surface area (Å²) in [5.41, 5.74) is 7.59. The third-order valence-corrected chi connectivity index (χ3v) is 6.16. The molecule has 2 unspecified atom stereocenters. The molecule has 2 atom stereocenters. The van der Waals surface area contributed by atoms with E-state index in [1.165, 1.54) is 11.3 Å². The maximum atomic E-state index is 13.2. The van der Waals surface area contributed by atoms with E-state index < -0.39 is 0 Å². The molecule has 0 spiro atoms. The molecule has 8 heteroatoms. The monoisotopic (exact) mass is 386 g/mol. The lowest BCUT2D eigenvalue weighted by Crippen LogP contribution is -2.52. The van der Waals surface area contributed by atoms with Gasteiger partial charge in [0.25, 0.3) is 0 Å². The van der Waals surface area contributed by atoms with Gasteiger partial charge in [-0.3, -0.25) is 9.59 Å². The fraction of sp³-hybridized carbons (Fsp3) is 0.474. The molecule has 1 saturated heterocycles. The number of aromatic nitrogens is 2. The fourth-order valence-corrected chi connectivity index (χ4v) is 4.51. The van der Waals surface area contributed by atoms with Gasteiger partial charge in [0.15, 0.2) is 5.78 Å². The number of amides is 1. The number of rotatable bonds is 4. The second-order valence-corrected chi connectivity index (χ2v) is 7.95. The number of carbonyl (C=O) groups excluding carboxylic acids is 2. The number of thiophene rings is 1. The second kappa shape index (κ2) is 7.74. The Morgan fingerprint density at radius 1 is 1.41 bits per heavy atom. The zero-order valence-electron chi connectivity index (χ0n) is 15.0. The molecule has 0 saturated carbocycles. The fourth-order valence-electron chi connectivity index (χ4n) is 3.83. The number of anilines is 1. The number of nitrogens with two attached hydrogens (primary N) is 1. The molecule has 2 aromatic heterocycles. The van der Waals surface area contributed by atoms with Crippen LogP contribution in [0.1, 0.15) is 33.8 Å². The first kappa shape index (κ1) is 18.1. The highest BCUT2D eigenvalue weighted by Crippen LogP contribution is 2.28. The number of hydrogen-bond donors (Lipinski definition) is 1. The number of ether oxygens (including phenoxy) is 1. The Morgan fingerprint density at radius 3 is 3.11 bits per heavy atom. The first-order valence-electron chi connectivity index (χ1n) is 9.17. The van der Waals surface area contributed by atoms with Crippen molar-refractivity contribution in [2.45, 2.75) is 31.7 Å². The maximum Gasteiger partial charge on any atom is 0.226 e. The van der Waals surface area contributed by atoms with Gasteiger partial charge < -0.3 is 15.4 Å². The van der Waals surface area contributed by atoms with E-state index in [1.54, 1.807) is 6.20 Å². The van der Waals surface area contributed by atoms with E-state index in [1.807, 2.05) is 22.4 Å². The summed E-state index contributed by atoms with van der Waals surface area (Å²) in [7, 11) is 0. The molecule has 2 aromatic rings. The Bertz CT molecular complexity index is 839. The number of morpholine rings is 1. The highest BCUT2D eigenvalue weighted by atomic mass is 32.1. The largest absolute Gasteiger partial charge is 0.377 e. The van der Waals surface area contributed by atoms with Gasteiger partial charge in [-0.1, -0.05) is 6.07 Å². The van der Waals surface area contributed by atoms with Crippen LogP contribution in [0.25, 0.3) is 0 Å². The molecule has 2 N–H and O–H groups in total. The number of fused-ring (bicyclic) bond motifs is 1. The smallest absolute Gasteiger partial charge is 0.226 e. The Balaban J connectivity index is 1.46. The van der Waals surface area contributed by atoms with Gasteiger partial charge in [0.2, 0.25) is 11.9 Å². The first-order valence-corrected chi connectivity index (χ1v) is 10.0. The van der Waals surface area contributed by atoms with E-state index in [4.69, 9.17) is 10.5 Å². The molecule has 27 heavy (non-hydrogen) atoms. The van der Waals surface area contributed by atoms with Crippen LogP contribution in [0.3, 0.4) is 0 Å². The van der Waals surface area contributed by atoms with Crippen molar-refractivity contribution in [2.24, 2.45) is 5.92 Å². The molecule has 1 aliphatic heterocycles. The van der Waals surface area contributed by atoms with Gasteiger partial charge in [-0.05, 0) is 36.3 Å². The summed E-state index contributed by atoms with van der Waals surface area (Å²) in [4.78, 5) is 36.6. The van der Waals surface area contributed by atoms with Crippen LogP contribution < -0.4 is 5.73 Å². The van der Waals surface area contributed by atoms with Crippen LogP contribution in [0, 0.1) is 5.92 Å². The number of nitrogen functional groups attached to an aromatic ring is 1. The highest BCUT2D eigenvalue weighted by molar-refractivity contribution is 7.12. The number of Topliss-reactive ketones (excluding diaryl/α,β-unsaturated/α-hetero) is 1. The minimum atomic E-state index is -0.204. The van der Waals surface area contributed by atoms with E-state index in [9.17, 15) is 9.59 Å². The van der Waals surface area contributed by atoms with Gasteiger partial charge >= 0.3 is 0 Å². The van der Waals surface area contributed by atoms with E-state index in [2.05, 4.69) is 9.97 Å². The molecule has 7 nitrogen and oxygen atoms in total. The number of ketones is 1. The highest BCUT2D eigenvalue weighted by Gasteiger charge is 2.35. The van der Waals surface area contributed by atoms with Crippen LogP contribution in [0.15, 0.2) is 23.7 Å². The second-order valence-electron chi connectivity index (χ2n) is 7.00. The molecule has 142 valence electrons. The molecule has 1 fully saturated rings. The van der Waals surface area contributed by atoms with Crippen molar-refractivity contribution in [3.63, 3.8) is 0 Å². The summed E-state index contributed by atoms with van der Waals surface area (Å²) in [5, 5.41) is 1.89. The minimum Gasteiger partial charge on any atom is -0.377 e. The van der Waals surface area contributed by atoms with Crippen molar-refractivity contribution in [2.75, 3.05) is 25.5 Å². The lowest BCUT2D eigenvalue weighted by Gasteiger charge is -2.38. The Hall–Kier alpha value is -2.32. The third kappa shape index (κ3) is 3.86. The summed E-state index contributed by atoms with van der Waals surface area (Å²) in [6, 6.07) is 3.49. The van der Waals surface area contributed by atoms with Crippen LogP contribution in [0.4, 0.5) is 5.95 Å². The van der Waals surface area contributed by atoms with Crippen molar-refractivity contribution in [3.8, 4) is 0 Å². The summed E-state index contributed by atoms with van der Waals surface area (Å²) in [5.74, 6) is 0.335. The van der Waals surface area contributed by atoms with E-state index in [0.29, 0.717) is 32.6 Å². The molecule has 0 radical (unpaired) electrons. The van der Waals surface area contributed by atoms with Crippen molar-refractivity contribution in [1.82, 2.24) is 14.9 Å². The van der Waals surface area contributed by atoms with Gasteiger partial charge in [-0.15, -0.1) is 11.3 Å². The molecular weight excluding hydrogens is 364 g/mol. The minimum absolute atomic E-state index is 0.0659. The van der Waals surface area contributed by atoms with Crippen LogP contribution in [-0.4, -0.2) is 52.4 Å². The molecular formula is C19H22N4O3S. The third-order valence-electron chi connectivity index (χ3n) is 5.25. The maximum absolute atomic E-state index is 13.2. The van der Waals surface area contributed by atoms with E-state index >= 15 is 0 Å². The molecule has 0 aromatic carbocycles. The summed E-state index contributed by atoms with van der Waals surface area (Å²) >= 11 is 1.43. The average Bonchev–Trinajstić information content (AvgIpc) is 3.22. The molecule has 0 bridgehead atoms. The molecule has 1 amide bonds. The number of carbonyl (C=O) groups is 2. The van der Waals surface area contributed by atoms with Crippen molar-refractivity contribution in [3.05, 3.63) is 39.8 Å². The Labute approximate surface area is 161 Å². The summed E-state index contributed by atoms with van der Waals surface area (Å²) < 4.78 is 5.56. The van der Waals surface area contributed by atoms with E-state index in [-0.39, 0.29) is 29.6 Å². The number of aryl methyl sites for hydroxylation is 1. The quantitative estimate of drug-likeness (QED) is 0.804. The van der Waals surface area contributed by atoms with Crippen molar-refractivity contribution >= 4 is 29.0 Å². The molecule has 3 heterocycles. The number of nitrogens with zero attached hydrogens (tertiary/aromatic N) is 3. The van der Waals surface area contributed by atoms with Crippen LogP contribution in [0.5, 0.6) is 0 Å². The zero-order chi connectivity index (χ0) is 18.8. The predicted octanol–water partition coefficient (Wildman–Crippen LogP) is 1.73. The van der Waals surface area contributed by atoms with Gasteiger partial charge in [0, 0.05) is 30.8 Å². The lowest BCUT2D eigenvalue weighted by atomic mass is 9.86. The zero-order valence-corrected chi connectivity index (χ0v) is 15.8. The Kier molecular flexibility index (Phi) is 5.18. The number of hydrogen-bond acceptors (Lipinski definition) is 7. The van der Waals surface area contributed by atoms with Gasteiger partial charge in [-0.2, -0.15) is 0 Å². The SMILES string of the molecule is Nc1ncc2c(n1)CCC(C(=O)N1CCOCC1CC(=O)c1cccs1)C2. The normalized spacial score (nSPS) is 22.3. The molecule has 4 rings (SSSR count).